The molecule has 2 rings (SSSR count). The molecule has 0 aliphatic carbocycles. The molecule has 0 bridgehead atoms. The van der Waals surface area contributed by atoms with Gasteiger partial charge >= 0.3 is 0 Å². The van der Waals surface area contributed by atoms with Gasteiger partial charge in [0.1, 0.15) is 11.6 Å². The molecule has 0 spiro atoms. The Bertz CT molecular complexity index is 592. The van der Waals surface area contributed by atoms with Crippen LogP contribution in [0.4, 0.5) is 10.1 Å². The normalized spacial score (nSPS) is 10.3. The maximum atomic E-state index is 13.6. The maximum absolute atomic E-state index is 13.6. The van der Waals surface area contributed by atoms with Crippen molar-refractivity contribution in [1.82, 2.24) is 0 Å². The van der Waals surface area contributed by atoms with Crippen LogP contribution in [0, 0.1) is 5.82 Å². The molecule has 19 heavy (non-hydrogen) atoms. The largest absolute Gasteiger partial charge is 0.496 e. The van der Waals surface area contributed by atoms with Crippen molar-refractivity contribution < 1.29 is 9.13 Å². The first-order valence-corrected chi connectivity index (χ1v) is 6.78. The zero-order chi connectivity index (χ0) is 13.8. The average Bonchev–Trinajstić information content (AvgIpc) is 2.38. The number of anilines is 1. The van der Waals surface area contributed by atoms with E-state index in [-0.39, 0.29) is 5.82 Å². The third-order valence-corrected chi connectivity index (χ3v) is 3.37. The molecule has 2 aromatic carbocycles. The van der Waals surface area contributed by atoms with Crippen LogP contribution in [0.3, 0.4) is 0 Å². The lowest BCUT2D eigenvalue weighted by Crippen LogP contribution is -2.03. The second-order valence-electron chi connectivity index (χ2n) is 3.93. The molecule has 1 N–H and O–H groups in total. The first-order valence-electron chi connectivity index (χ1n) is 5.61. The van der Waals surface area contributed by atoms with Crippen molar-refractivity contribution in [3.05, 3.63) is 57.3 Å². The van der Waals surface area contributed by atoms with Gasteiger partial charge in [-0.3, -0.25) is 0 Å². The van der Waals surface area contributed by atoms with Gasteiger partial charge in [0.15, 0.2) is 0 Å². The molecule has 5 heteroatoms. The van der Waals surface area contributed by atoms with Crippen LogP contribution in [0.5, 0.6) is 5.75 Å². The minimum atomic E-state index is -0.374. The fraction of sp³-hybridized carbons (Fsp3) is 0.143. The van der Waals surface area contributed by atoms with Crippen molar-refractivity contribution in [1.29, 1.82) is 0 Å². The SMILES string of the molecule is COc1ccc(Br)cc1CNc1ccc(Cl)cc1F. The molecule has 0 aromatic heterocycles. The molecule has 0 atom stereocenters. The number of hydrogen-bond acceptors (Lipinski definition) is 2. The summed E-state index contributed by atoms with van der Waals surface area (Å²) in [5.74, 6) is 0.381. The molecule has 0 radical (unpaired) electrons. The lowest BCUT2D eigenvalue weighted by molar-refractivity contribution is 0.410. The molecule has 0 fully saturated rings. The Morgan fingerprint density at radius 3 is 2.74 bits per heavy atom. The second-order valence-corrected chi connectivity index (χ2v) is 5.29. The molecule has 0 saturated heterocycles. The number of benzene rings is 2. The van der Waals surface area contributed by atoms with Crippen LogP contribution in [-0.4, -0.2) is 7.11 Å². The lowest BCUT2D eigenvalue weighted by Gasteiger charge is -2.11. The lowest BCUT2D eigenvalue weighted by atomic mass is 10.2. The highest BCUT2D eigenvalue weighted by atomic mass is 79.9. The number of hydrogen-bond donors (Lipinski definition) is 1. The van der Waals surface area contributed by atoms with Crippen LogP contribution in [0.25, 0.3) is 0 Å². The first-order chi connectivity index (χ1) is 9.10. The predicted molar refractivity (Wildman–Crippen MR) is 79.4 cm³/mol. The quantitative estimate of drug-likeness (QED) is 0.855. The molecule has 0 heterocycles. The van der Waals surface area contributed by atoms with E-state index >= 15 is 0 Å². The van der Waals surface area contributed by atoms with Crippen molar-refractivity contribution >= 4 is 33.2 Å². The summed E-state index contributed by atoms with van der Waals surface area (Å²) in [5.41, 5.74) is 1.35. The highest BCUT2D eigenvalue weighted by Gasteiger charge is 2.06. The fourth-order valence-corrected chi connectivity index (χ4v) is 2.28. The topological polar surface area (TPSA) is 21.3 Å². The van der Waals surface area contributed by atoms with Crippen LogP contribution in [0.2, 0.25) is 5.02 Å². The molecular formula is C14H12BrClFNO. The van der Waals surface area contributed by atoms with E-state index in [0.29, 0.717) is 17.3 Å². The summed E-state index contributed by atoms with van der Waals surface area (Å²) in [6.07, 6.45) is 0. The van der Waals surface area contributed by atoms with Crippen LogP contribution in [-0.2, 0) is 6.54 Å². The molecule has 0 aliphatic heterocycles. The van der Waals surface area contributed by atoms with E-state index in [9.17, 15) is 4.39 Å². The molecular weight excluding hydrogens is 333 g/mol. The van der Waals surface area contributed by atoms with E-state index in [0.717, 1.165) is 15.8 Å². The Hall–Kier alpha value is -1.26. The summed E-state index contributed by atoms with van der Waals surface area (Å²) in [5, 5.41) is 3.40. The third kappa shape index (κ3) is 3.61. The number of ether oxygens (including phenoxy) is 1. The smallest absolute Gasteiger partial charge is 0.147 e. The highest BCUT2D eigenvalue weighted by Crippen LogP contribution is 2.25. The van der Waals surface area contributed by atoms with Gasteiger partial charge in [0, 0.05) is 21.6 Å². The van der Waals surface area contributed by atoms with Crippen LogP contribution < -0.4 is 10.1 Å². The van der Waals surface area contributed by atoms with Crippen LogP contribution in [0.15, 0.2) is 40.9 Å². The molecule has 100 valence electrons. The van der Waals surface area contributed by atoms with Crippen molar-refractivity contribution in [2.75, 3.05) is 12.4 Å². The van der Waals surface area contributed by atoms with Gasteiger partial charge in [-0.2, -0.15) is 0 Å². The van der Waals surface area contributed by atoms with E-state index in [4.69, 9.17) is 16.3 Å². The van der Waals surface area contributed by atoms with Gasteiger partial charge in [-0.25, -0.2) is 4.39 Å². The molecule has 0 saturated carbocycles. The summed E-state index contributed by atoms with van der Waals surface area (Å²) in [7, 11) is 1.61. The summed E-state index contributed by atoms with van der Waals surface area (Å²) in [6, 6.07) is 10.2. The van der Waals surface area contributed by atoms with Gasteiger partial charge in [-0.1, -0.05) is 27.5 Å². The van der Waals surface area contributed by atoms with E-state index in [1.807, 2.05) is 18.2 Å². The highest BCUT2D eigenvalue weighted by molar-refractivity contribution is 9.10. The van der Waals surface area contributed by atoms with Crippen molar-refractivity contribution in [2.24, 2.45) is 0 Å². The van der Waals surface area contributed by atoms with Gasteiger partial charge in [0.05, 0.1) is 12.8 Å². The number of rotatable bonds is 4. The minimum absolute atomic E-state index is 0.374. The van der Waals surface area contributed by atoms with Crippen LogP contribution in [0.1, 0.15) is 5.56 Å². The Balaban J connectivity index is 2.16. The summed E-state index contributed by atoms with van der Waals surface area (Å²) >= 11 is 9.11. The fourth-order valence-electron chi connectivity index (χ4n) is 1.71. The zero-order valence-electron chi connectivity index (χ0n) is 10.2. The van der Waals surface area contributed by atoms with Crippen LogP contribution >= 0.6 is 27.5 Å². The van der Waals surface area contributed by atoms with Crippen molar-refractivity contribution in [3.8, 4) is 5.75 Å². The second kappa shape index (κ2) is 6.26. The van der Waals surface area contributed by atoms with Gasteiger partial charge in [0.25, 0.3) is 0 Å². The molecule has 2 aromatic rings. The number of methoxy groups -OCH3 is 1. The van der Waals surface area contributed by atoms with Gasteiger partial charge < -0.3 is 10.1 Å². The zero-order valence-corrected chi connectivity index (χ0v) is 12.6. The Morgan fingerprint density at radius 2 is 2.05 bits per heavy atom. The molecule has 2 nitrogen and oxygen atoms in total. The van der Waals surface area contributed by atoms with Gasteiger partial charge in [0.2, 0.25) is 0 Å². The Kier molecular flexibility index (Phi) is 4.66. The number of halogens is 3. The predicted octanol–water partition coefficient (Wildman–Crippen LogP) is 4.86. The summed E-state index contributed by atoms with van der Waals surface area (Å²) in [6.45, 7) is 0.459. The van der Waals surface area contributed by atoms with Crippen molar-refractivity contribution in [2.45, 2.75) is 6.54 Å². The van der Waals surface area contributed by atoms with E-state index < -0.39 is 0 Å². The summed E-state index contributed by atoms with van der Waals surface area (Å²) in [4.78, 5) is 0. The van der Waals surface area contributed by atoms with E-state index in [2.05, 4.69) is 21.2 Å². The minimum Gasteiger partial charge on any atom is -0.496 e. The average molecular weight is 345 g/mol. The third-order valence-electron chi connectivity index (χ3n) is 2.64. The standard InChI is InChI=1S/C14H12BrClFNO/c1-19-14-5-2-10(15)6-9(14)8-18-13-4-3-11(16)7-12(13)17/h2-7,18H,8H2,1H3. The van der Waals surface area contributed by atoms with E-state index in [1.54, 1.807) is 19.2 Å². The molecule has 0 aliphatic rings. The van der Waals surface area contributed by atoms with E-state index in [1.165, 1.54) is 6.07 Å². The summed E-state index contributed by atoms with van der Waals surface area (Å²) < 4.78 is 19.8. The molecule has 0 unspecified atom stereocenters. The monoisotopic (exact) mass is 343 g/mol. The van der Waals surface area contributed by atoms with Gasteiger partial charge in [-0.05, 0) is 36.4 Å². The Labute approximate surface area is 124 Å². The molecule has 0 amide bonds. The first kappa shape index (κ1) is 14.2. The van der Waals surface area contributed by atoms with Gasteiger partial charge in [-0.15, -0.1) is 0 Å². The Morgan fingerprint density at radius 1 is 1.26 bits per heavy atom. The number of nitrogens with one attached hydrogen (secondary N) is 1. The van der Waals surface area contributed by atoms with Crippen molar-refractivity contribution in [3.63, 3.8) is 0 Å². The maximum Gasteiger partial charge on any atom is 0.147 e.